The van der Waals surface area contributed by atoms with Gasteiger partial charge in [0, 0.05) is 31.2 Å². The molecule has 0 saturated carbocycles. The van der Waals surface area contributed by atoms with Crippen molar-refractivity contribution in [2.24, 2.45) is 0 Å². The van der Waals surface area contributed by atoms with Gasteiger partial charge in [0.05, 0.1) is 18.1 Å². The Morgan fingerprint density at radius 3 is 2.54 bits per heavy atom. The zero-order valence-electron chi connectivity index (χ0n) is 18.2. The van der Waals surface area contributed by atoms with Crippen molar-refractivity contribution in [3.8, 4) is 0 Å². The first-order valence-corrected chi connectivity index (χ1v) is 10.8. The van der Waals surface area contributed by atoms with Crippen molar-refractivity contribution in [2.45, 2.75) is 24.6 Å². The summed E-state index contributed by atoms with van der Waals surface area (Å²) in [5.74, 6) is -0.469. The van der Waals surface area contributed by atoms with Gasteiger partial charge in [0.25, 0.3) is 5.91 Å². The zero-order valence-corrected chi connectivity index (χ0v) is 18.2. The van der Waals surface area contributed by atoms with Crippen LogP contribution in [0.4, 0.5) is 29.5 Å². The summed E-state index contributed by atoms with van der Waals surface area (Å²) in [6, 6.07) is 3.22. The van der Waals surface area contributed by atoms with Crippen molar-refractivity contribution in [1.29, 1.82) is 0 Å². The number of aromatic nitrogens is 3. The number of piperidine rings is 1. The Labute approximate surface area is 196 Å². The summed E-state index contributed by atoms with van der Waals surface area (Å²) in [7, 11) is 0. The molecule has 2 saturated heterocycles. The highest BCUT2D eigenvalue weighted by molar-refractivity contribution is 6.10. The standard InChI is InChI=1S/C22H20F3N7O3/c23-22(24,25)14-1-3-15(4-2-14)28-17(33)12-32-19(34)21(29-20(32)35)5-8-30(9-6-21)18-16-11-26-13-31(16)10-7-27-18/h1-4,7,10-11,13H,5-6,8-9,12H2,(H,28,33)(H,29,35). The molecule has 0 unspecified atom stereocenters. The van der Waals surface area contributed by atoms with E-state index >= 15 is 0 Å². The highest BCUT2D eigenvalue weighted by atomic mass is 19.4. The number of nitrogens with zero attached hydrogens (tertiary/aromatic N) is 5. The number of anilines is 2. The van der Waals surface area contributed by atoms with Gasteiger partial charge in [-0.25, -0.2) is 14.8 Å². The Kier molecular flexibility index (Phi) is 5.33. The number of carbonyl (C=O) groups excluding carboxylic acids is 3. The van der Waals surface area contributed by atoms with E-state index in [-0.39, 0.29) is 5.69 Å². The van der Waals surface area contributed by atoms with Crippen LogP contribution in [0, 0.1) is 0 Å². The molecule has 0 bridgehead atoms. The molecule has 0 atom stereocenters. The molecule has 4 amide bonds. The number of nitrogens with one attached hydrogen (secondary N) is 2. The molecule has 10 nitrogen and oxygen atoms in total. The third-order valence-corrected chi connectivity index (χ3v) is 6.28. The van der Waals surface area contributed by atoms with Crippen molar-refractivity contribution in [3.05, 3.63) is 54.7 Å². The van der Waals surface area contributed by atoms with Crippen LogP contribution in [0.15, 0.2) is 49.2 Å². The highest BCUT2D eigenvalue weighted by Crippen LogP contribution is 2.33. The normalized spacial score (nSPS) is 17.8. The molecule has 2 N–H and O–H groups in total. The van der Waals surface area contributed by atoms with E-state index in [4.69, 9.17) is 0 Å². The molecule has 2 aromatic heterocycles. The Morgan fingerprint density at radius 2 is 1.86 bits per heavy atom. The van der Waals surface area contributed by atoms with Gasteiger partial charge in [0.15, 0.2) is 5.82 Å². The molecule has 1 spiro atoms. The van der Waals surface area contributed by atoms with Crippen LogP contribution in [0.5, 0.6) is 0 Å². The van der Waals surface area contributed by atoms with E-state index in [1.807, 2.05) is 9.30 Å². The topological polar surface area (TPSA) is 112 Å². The number of halogens is 3. The molecule has 5 rings (SSSR count). The molecule has 2 aliphatic rings. The quantitative estimate of drug-likeness (QED) is 0.547. The van der Waals surface area contributed by atoms with Gasteiger partial charge in [0.2, 0.25) is 5.91 Å². The summed E-state index contributed by atoms with van der Waals surface area (Å²) in [5, 5.41) is 5.15. The second kappa shape index (κ2) is 8.25. The fourth-order valence-corrected chi connectivity index (χ4v) is 4.43. The summed E-state index contributed by atoms with van der Waals surface area (Å²) < 4.78 is 39.9. The van der Waals surface area contributed by atoms with Crippen molar-refractivity contribution < 1.29 is 27.6 Å². The van der Waals surface area contributed by atoms with Gasteiger partial charge in [0.1, 0.15) is 17.6 Å². The number of urea groups is 1. The minimum atomic E-state index is -4.49. The average molecular weight is 487 g/mol. The number of rotatable bonds is 4. The third-order valence-electron chi connectivity index (χ3n) is 6.28. The molecular weight excluding hydrogens is 467 g/mol. The predicted octanol–water partition coefficient (Wildman–Crippen LogP) is 2.28. The maximum Gasteiger partial charge on any atom is 0.416 e. The average Bonchev–Trinajstić information content (AvgIpc) is 3.39. The summed E-state index contributed by atoms with van der Waals surface area (Å²) >= 11 is 0. The van der Waals surface area contributed by atoms with Gasteiger partial charge in [-0.1, -0.05) is 0 Å². The highest BCUT2D eigenvalue weighted by Gasteiger charge is 2.53. The molecular formula is C22H20F3N7O3. The molecule has 1 aromatic carbocycles. The predicted molar refractivity (Wildman–Crippen MR) is 117 cm³/mol. The first-order chi connectivity index (χ1) is 16.7. The van der Waals surface area contributed by atoms with E-state index in [1.54, 1.807) is 24.9 Å². The van der Waals surface area contributed by atoms with E-state index < -0.39 is 41.7 Å². The monoisotopic (exact) mass is 487 g/mol. The van der Waals surface area contributed by atoms with Crippen molar-refractivity contribution in [1.82, 2.24) is 24.6 Å². The van der Waals surface area contributed by atoms with Crippen LogP contribution >= 0.6 is 0 Å². The summed E-state index contributed by atoms with van der Waals surface area (Å²) in [6.07, 6.45) is 2.97. The number of fused-ring (bicyclic) bond motifs is 1. The molecule has 3 aromatic rings. The Morgan fingerprint density at radius 1 is 1.14 bits per heavy atom. The SMILES string of the molecule is O=C(CN1C(=O)NC2(CCN(c3nccn4cncc34)CC2)C1=O)Nc1ccc(C(F)(F)F)cc1. The van der Waals surface area contributed by atoms with E-state index in [9.17, 15) is 27.6 Å². The zero-order chi connectivity index (χ0) is 24.8. The smallest absolute Gasteiger partial charge is 0.355 e. The van der Waals surface area contributed by atoms with Gasteiger partial charge in [-0.15, -0.1) is 0 Å². The number of carbonyl (C=O) groups is 3. The number of alkyl halides is 3. The van der Waals surface area contributed by atoms with Crippen LogP contribution in [-0.2, 0) is 15.8 Å². The molecule has 0 aliphatic carbocycles. The maximum absolute atomic E-state index is 13.1. The minimum absolute atomic E-state index is 0.125. The van der Waals surface area contributed by atoms with Crippen molar-refractivity contribution in [3.63, 3.8) is 0 Å². The van der Waals surface area contributed by atoms with Gasteiger partial charge in [-0.2, -0.15) is 13.2 Å². The van der Waals surface area contributed by atoms with Crippen molar-refractivity contribution in [2.75, 3.05) is 29.9 Å². The Bertz CT molecular complexity index is 1300. The van der Waals surface area contributed by atoms with E-state index in [1.165, 1.54) is 0 Å². The lowest BCUT2D eigenvalue weighted by Gasteiger charge is -2.38. The first kappa shape index (κ1) is 22.6. The molecule has 2 aliphatic heterocycles. The van der Waals surface area contributed by atoms with Gasteiger partial charge in [-0.3, -0.25) is 14.5 Å². The number of imidazole rings is 1. The summed E-state index contributed by atoms with van der Waals surface area (Å²) in [6.45, 7) is 0.360. The molecule has 4 heterocycles. The van der Waals surface area contributed by atoms with Crippen LogP contribution in [0.2, 0.25) is 0 Å². The second-order valence-corrected chi connectivity index (χ2v) is 8.45. The number of hydrogen-bond acceptors (Lipinski definition) is 6. The molecule has 2 fully saturated rings. The Hall–Kier alpha value is -4.16. The van der Waals surface area contributed by atoms with E-state index in [0.717, 1.165) is 40.5 Å². The number of hydrogen-bond donors (Lipinski definition) is 2. The summed E-state index contributed by atoms with van der Waals surface area (Å²) in [4.78, 5) is 49.5. The lowest BCUT2D eigenvalue weighted by Crippen LogP contribution is -2.55. The van der Waals surface area contributed by atoms with E-state index in [2.05, 4.69) is 20.6 Å². The maximum atomic E-state index is 13.1. The van der Waals surface area contributed by atoms with Crippen molar-refractivity contribution >= 4 is 34.9 Å². The summed E-state index contributed by atoms with van der Waals surface area (Å²) in [5.41, 5.74) is -1.02. The fraction of sp³-hybridized carbons (Fsp3) is 0.318. The lowest BCUT2D eigenvalue weighted by atomic mass is 9.87. The first-order valence-electron chi connectivity index (χ1n) is 10.8. The van der Waals surface area contributed by atoms with Crippen LogP contribution in [0.25, 0.3) is 5.52 Å². The van der Waals surface area contributed by atoms with Crippen LogP contribution in [-0.4, -0.2) is 62.3 Å². The minimum Gasteiger partial charge on any atom is -0.355 e. The van der Waals surface area contributed by atoms with Crippen LogP contribution in [0.1, 0.15) is 18.4 Å². The number of imide groups is 1. The molecule has 35 heavy (non-hydrogen) atoms. The Balaban J connectivity index is 1.22. The van der Waals surface area contributed by atoms with E-state index in [0.29, 0.717) is 25.9 Å². The largest absolute Gasteiger partial charge is 0.416 e. The van der Waals surface area contributed by atoms with Gasteiger partial charge in [-0.05, 0) is 37.1 Å². The second-order valence-electron chi connectivity index (χ2n) is 8.45. The molecule has 182 valence electrons. The van der Waals surface area contributed by atoms with Crippen LogP contribution in [0.3, 0.4) is 0 Å². The number of amides is 4. The fourth-order valence-electron chi connectivity index (χ4n) is 4.43. The number of benzene rings is 1. The lowest BCUT2D eigenvalue weighted by molar-refractivity contribution is -0.137. The molecule has 13 heteroatoms. The third kappa shape index (κ3) is 4.13. The van der Waals surface area contributed by atoms with Gasteiger partial charge >= 0.3 is 12.2 Å². The van der Waals surface area contributed by atoms with Gasteiger partial charge < -0.3 is 19.9 Å². The van der Waals surface area contributed by atoms with Crippen LogP contribution < -0.4 is 15.5 Å². The molecule has 0 radical (unpaired) electrons.